The molecule has 0 unspecified atom stereocenters. The molecule has 1 atom stereocenters. The largest absolute Gasteiger partial charge is 0.496 e. The summed E-state index contributed by atoms with van der Waals surface area (Å²) in [5, 5.41) is 0. The van der Waals surface area contributed by atoms with E-state index in [1.54, 1.807) is 7.11 Å². The summed E-state index contributed by atoms with van der Waals surface area (Å²) in [5.74, 6) is 0.864. The molecule has 0 aliphatic carbocycles. The van der Waals surface area contributed by atoms with Crippen molar-refractivity contribution in [1.29, 1.82) is 0 Å². The standard InChI is InChI=1S/C12H20N2O/c1-5-14(3)10-7-6-8-11(15-4)12(10)9(2)13/h6-9H,5,13H2,1-4H3/t9-/m1/s1. The van der Waals surface area contributed by atoms with Gasteiger partial charge in [-0.1, -0.05) is 6.07 Å². The molecule has 0 heterocycles. The molecular weight excluding hydrogens is 188 g/mol. The van der Waals surface area contributed by atoms with Gasteiger partial charge in [0.05, 0.1) is 7.11 Å². The first-order chi connectivity index (χ1) is 7.11. The number of methoxy groups -OCH3 is 1. The number of hydrogen-bond acceptors (Lipinski definition) is 3. The average molecular weight is 208 g/mol. The predicted octanol–water partition coefficient (Wildman–Crippen LogP) is 2.17. The molecule has 3 heteroatoms. The normalized spacial score (nSPS) is 12.3. The summed E-state index contributed by atoms with van der Waals surface area (Å²) in [6, 6.07) is 5.99. The van der Waals surface area contributed by atoms with E-state index >= 15 is 0 Å². The van der Waals surface area contributed by atoms with Crippen molar-refractivity contribution >= 4 is 5.69 Å². The Morgan fingerprint density at radius 2 is 2.13 bits per heavy atom. The second kappa shape index (κ2) is 5.03. The number of hydrogen-bond donors (Lipinski definition) is 1. The highest BCUT2D eigenvalue weighted by Crippen LogP contribution is 2.32. The molecule has 84 valence electrons. The zero-order valence-corrected chi connectivity index (χ0v) is 9.95. The van der Waals surface area contributed by atoms with Gasteiger partial charge in [-0.05, 0) is 26.0 Å². The topological polar surface area (TPSA) is 38.5 Å². The Morgan fingerprint density at radius 3 is 2.60 bits per heavy atom. The van der Waals surface area contributed by atoms with Crippen LogP contribution in [0.2, 0.25) is 0 Å². The maximum absolute atomic E-state index is 5.98. The Morgan fingerprint density at radius 1 is 1.47 bits per heavy atom. The number of benzene rings is 1. The van der Waals surface area contributed by atoms with Gasteiger partial charge in [0.1, 0.15) is 5.75 Å². The van der Waals surface area contributed by atoms with E-state index in [1.165, 1.54) is 0 Å². The quantitative estimate of drug-likeness (QED) is 0.824. The number of nitrogens with two attached hydrogens (primary N) is 1. The number of ether oxygens (including phenoxy) is 1. The van der Waals surface area contributed by atoms with Gasteiger partial charge in [0.25, 0.3) is 0 Å². The third kappa shape index (κ3) is 2.42. The van der Waals surface area contributed by atoms with Gasteiger partial charge < -0.3 is 15.4 Å². The first-order valence-electron chi connectivity index (χ1n) is 5.25. The summed E-state index contributed by atoms with van der Waals surface area (Å²) >= 11 is 0. The van der Waals surface area contributed by atoms with Crippen LogP contribution in [0.25, 0.3) is 0 Å². The maximum Gasteiger partial charge on any atom is 0.125 e. The van der Waals surface area contributed by atoms with Crippen LogP contribution in [-0.4, -0.2) is 20.7 Å². The maximum atomic E-state index is 5.98. The van der Waals surface area contributed by atoms with Crippen LogP contribution in [-0.2, 0) is 0 Å². The summed E-state index contributed by atoms with van der Waals surface area (Å²) in [6.45, 7) is 5.04. The minimum atomic E-state index is -0.0230. The first kappa shape index (κ1) is 11.9. The van der Waals surface area contributed by atoms with Crippen LogP contribution in [0, 0.1) is 0 Å². The highest BCUT2D eigenvalue weighted by atomic mass is 16.5. The van der Waals surface area contributed by atoms with Crippen molar-refractivity contribution in [3.63, 3.8) is 0 Å². The van der Waals surface area contributed by atoms with Gasteiger partial charge in [-0.3, -0.25) is 0 Å². The average Bonchev–Trinajstić information content (AvgIpc) is 2.26. The lowest BCUT2D eigenvalue weighted by Crippen LogP contribution is -2.20. The van der Waals surface area contributed by atoms with Gasteiger partial charge in [0.2, 0.25) is 0 Å². The van der Waals surface area contributed by atoms with Crippen LogP contribution >= 0.6 is 0 Å². The summed E-state index contributed by atoms with van der Waals surface area (Å²) in [6.07, 6.45) is 0. The first-order valence-corrected chi connectivity index (χ1v) is 5.25. The molecule has 0 saturated heterocycles. The van der Waals surface area contributed by atoms with Crippen molar-refractivity contribution in [3.05, 3.63) is 23.8 Å². The third-order valence-electron chi connectivity index (χ3n) is 2.60. The fourth-order valence-electron chi connectivity index (χ4n) is 1.67. The molecule has 0 bridgehead atoms. The van der Waals surface area contributed by atoms with E-state index in [-0.39, 0.29) is 6.04 Å². The molecule has 0 amide bonds. The van der Waals surface area contributed by atoms with E-state index in [2.05, 4.69) is 24.9 Å². The van der Waals surface area contributed by atoms with Crippen molar-refractivity contribution in [3.8, 4) is 5.75 Å². The van der Waals surface area contributed by atoms with Crippen LogP contribution in [0.15, 0.2) is 18.2 Å². The summed E-state index contributed by atoms with van der Waals surface area (Å²) in [5.41, 5.74) is 8.20. The van der Waals surface area contributed by atoms with E-state index in [4.69, 9.17) is 10.5 Å². The Balaban J connectivity index is 3.25. The van der Waals surface area contributed by atoms with E-state index in [1.807, 2.05) is 19.1 Å². The Labute approximate surface area is 91.8 Å². The van der Waals surface area contributed by atoms with Gasteiger partial charge in [-0.2, -0.15) is 0 Å². The van der Waals surface area contributed by atoms with Crippen LogP contribution in [0.4, 0.5) is 5.69 Å². The Hall–Kier alpha value is -1.22. The van der Waals surface area contributed by atoms with Crippen LogP contribution in [0.3, 0.4) is 0 Å². The van der Waals surface area contributed by atoms with Crippen molar-refractivity contribution < 1.29 is 4.74 Å². The smallest absolute Gasteiger partial charge is 0.125 e. The van der Waals surface area contributed by atoms with Crippen molar-refractivity contribution in [2.24, 2.45) is 5.73 Å². The molecule has 0 saturated carbocycles. The predicted molar refractivity (Wildman–Crippen MR) is 64.5 cm³/mol. The summed E-state index contributed by atoms with van der Waals surface area (Å²) in [4.78, 5) is 2.17. The molecule has 15 heavy (non-hydrogen) atoms. The lowest BCUT2D eigenvalue weighted by Gasteiger charge is -2.24. The molecule has 0 spiro atoms. The second-order valence-electron chi connectivity index (χ2n) is 3.70. The highest BCUT2D eigenvalue weighted by Gasteiger charge is 2.14. The summed E-state index contributed by atoms with van der Waals surface area (Å²) in [7, 11) is 3.73. The van der Waals surface area contributed by atoms with Crippen LogP contribution in [0.5, 0.6) is 5.75 Å². The molecule has 0 aliphatic rings. The number of rotatable bonds is 4. The zero-order chi connectivity index (χ0) is 11.4. The molecule has 1 rings (SSSR count). The lowest BCUT2D eigenvalue weighted by atomic mass is 10.0. The number of anilines is 1. The Bertz CT molecular complexity index is 323. The van der Waals surface area contributed by atoms with E-state index in [0.717, 1.165) is 23.5 Å². The van der Waals surface area contributed by atoms with E-state index in [0.29, 0.717) is 0 Å². The molecule has 0 aromatic heterocycles. The molecule has 2 N–H and O–H groups in total. The molecule has 1 aromatic carbocycles. The monoisotopic (exact) mass is 208 g/mol. The van der Waals surface area contributed by atoms with Crippen LogP contribution < -0.4 is 15.4 Å². The van der Waals surface area contributed by atoms with Gasteiger partial charge in [0.15, 0.2) is 0 Å². The molecule has 0 radical (unpaired) electrons. The molecular formula is C12H20N2O. The summed E-state index contributed by atoms with van der Waals surface area (Å²) < 4.78 is 5.34. The van der Waals surface area contributed by atoms with Gasteiger partial charge in [-0.15, -0.1) is 0 Å². The lowest BCUT2D eigenvalue weighted by molar-refractivity contribution is 0.407. The van der Waals surface area contributed by atoms with E-state index in [9.17, 15) is 0 Å². The van der Waals surface area contributed by atoms with Crippen molar-refractivity contribution in [1.82, 2.24) is 0 Å². The molecule has 0 aliphatic heterocycles. The fraction of sp³-hybridized carbons (Fsp3) is 0.500. The third-order valence-corrected chi connectivity index (χ3v) is 2.60. The van der Waals surface area contributed by atoms with Crippen molar-refractivity contribution in [2.45, 2.75) is 19.9 Å². The minimum absolute atomic E-state index is 0.0230. The fourth-order valence-corrected chi connectivity index (χ4v) is 1.67. The zero-order valence-electron chi connectivity index (χ0n) is 9.95. The minimum Gasteiger partial charge on any atom is -0.496 e. The molecule has 1 aromatic rings. The molecule has 0 fully saturated rings. The SMILES string of the molecule is CCN(C)c1cccc(OC)c1[C@@H](C)N. The number of nitrogens with zero attached hydrogens (tertiary/aromatic N) is 1. The van der Waals surface area contributed by atoms with Gasteiger partial charge in [-0.25, -0.2) is 0 Å². The molecule has 3 nitrogen and oxygen atoms in total. The van der Waals surface area contributed by atoms with Crippen LogP contribution in [0.1, 0.15) is 25.5 Å². The van der Waals surface area contributed by atoms with Gasteiger partial charge >= 0.3 is 0 Å². The van der Waals surface area contributed by atoms with Crippen molar-refractivity contribution in [2.75, 3.05) is 25.6 Å². The highest BCUT2D eigenvalue weighted by molar-refractivity contribution is 5.60. The second-order valence-corrected chi connectivity index (χ2v) is 3.70. The van der Waals surface area contributed by atoms with E-state index < -0.39 is 0 Å². The Kier molecular flexibility index (Phi) is 3.97. The van der Waals surface area contributed by atoms with Gasteiger partial charge in [0, 0.05) is 30.9 Å².